The molecule has 25 heavy (non-hydrogen) atoms. The van der Waals surface area contributed by atoms with Gasteiger partial charge in [-0.05, 0) is 61.6 Å². The first kappa shape index (κ1) is 17.5. The Bertz CT molecular complexity index is 811. The van der Waals surface area contributed by atoms with Crippen molar-refractivity contribution in [3.8, 4) is 0 Å². The molecule has 0 saturated heterocycles. The van der Waals surface area contributed by atoms with Gasteiger partial charge in [-0.2, -0.15) is 0 Å². The van der Waals surface area contributed by atoms with Crippen LogP contribution in [-0.4, -0.2) is 15.4 Å². The third-order valence-electron chi connectivity index (χ3n) is 4.64. The summed E-state index contributed by atoms with van der Waals surface area (Å²) in [4.78, 5) is 2.28. The summed E-state index contributed by atoms with van der Waals surface area (Å²) in [5, 5.41) is 1.30. The van der Waals surface area contributed by atoms with Gasteiger partial charge >= 0.3 is 0 Å². The average molecular weight is 348 g/mol. The fourth-order valence-corrected chi connectivity index (χ4v) is 4.05. The topological polar surface area (TPSA) is 12.5 Å². The Labute approximate surface area is 151 Å². The molecule has 3 aromatic carbocycles. The summed E-state index contributed by atoms with van der Waals surface area (Å²) in [5.41, 5.74) is 4.73. The zero-order chi connectivity index (χ0) is 17.9. The highest BCUT2D eigenvalue weighted by Crippen LogP contribution is 2.33. The van der Waals surface area contributed by atoms with Crippen LogP contribution in [0, 0.1) is 6.92 Å². The van der Waals surface area contributed by atoms with Crippen molar-refractivity contribution >= 4 is 30.6 Å². The van der Waals surface area contributed by atoms with Crippen LogP contribution in [0.25, 0.3) is 0 Å². The highest BCUT2D eigenvalue weighted by atomic mass is 28.4. The number of rotatable bonds is 5. The molecule has 0 aromatic heterocycles. The predicted molar refractivity (Wildman–Crippen MR) is 110 cm³/mol. The minimum Gasteiger partial charge on any atom is -0.416 e. The third-order valence-corrected chi connectivity index (χ3v) is 7.38. The van der Waals surface area contributed by atoms with E-state index in [1.807, 2.05) is 13.2 Å². The van der Waals surface area contributed by atoms with Gasteiger partial charge in [0.05, 0.1) is 0 Å². The first-order valence-electron chi connectivity index (χ1n) is 8.59. The Hall–Kier alpha value is -2.36. The lowest BCUT2D eigenvalue weighted by Gasteiger charge is -2.27. The lowest BCUT2D eigenvalue weighted by Crippen LogP contribution is -2.43. The Morgan fingerprint density at radius 1 is 0.680 bits per heavy atom. The van der Waals surface area contributed by atoms with E-state index < -0.39 is 8.32 Å². The van der Waals surface area contributed by atoms with Crippen LogP contribution in [0.2, 0.25) is 13.1 Å². The number of anilines is 3. The molecule has 3 rings (SSSR count). The lowest BCUT2D eigenvalue weighted by atomic mass is 10.1. The molecule has 0 radical (unpaired) electrons. The molecule has 0 aliphatic rings. The smallest absolute Gasteiger partial charge is 0.217 e. The summed E-state index contributed by atoms with van der Waals surface area (Å²) in [6.45, 7) is 6.55. The summed E-state index contributed by atoms with van der Waals surface area (Å²) in [5.74, 6) is 0. The van der Waals surface area contributed by atoms with Crippen LogP contribution >= 0.6 is 0 Å². The molecular weight excluding hydrogens is 322 g/mol. The monoisotopic (exact) mass is 347 g/mol. The van der Waals surface area contributed by atoms with E-state index in [1.165, 1.54) is 10.8 Å². The molecule has 0 aliphatic carbocycles. The lowest BCUT2D eigenvalue weighted by molar-refractivity contribution is 0.416. The second-order valence-corrected chi connectivity index (χ2v) is 10.8. The molecule has 128 valence electrons. The number of hydrogen-bond donors (Lipinski definition) is 0. The molecule has 2 nitrogen and oxygen atoms in total. The minimum absolute atomic E-state index is 1.15. The van der Waals surface area contributed by atoms with Crippen LogP contribution in [0.5, 0.6) is 0 Å². The van der Waals surface area contributed by atoms with E-state index in [1.54, 1.807) is 0 Å². The summed E-state index contributed by atoms with van der Waals surface area (Å²) in [6, 6.07) is 27.9. The zero-order valence-corrected chi connectivity index (χ0v) is 16.4. The largest absolute Gasteiger partial charge is 0.416 e. The van der Waals surface area contributed by atoms with Crippen molar-refractivity contribution in [2.75, 3.05) is 12.0 Å². The highest BCUT2D eigenvalue weighted by Gasteiger charge is 2.23. The first-order chi connectivity index (χ1) is 12.0. The van der Waals surface area contributed by atoms with E-state index in [2.05, 4.69) is 97.7 Å². The second kappa shape index (κ2) is 7.26. The molecule has 0 fully saturated rings. The van der Waals surface area contributed by atoms with E-state index in [0.29, 0.717) is 0 Å². The Morgan fingerprint density at radius 3 is 1.68 bits per heavy atom. The van der Waals surface area contributed by atoms with Crippen molar-refractivity contribution in [3.63, 3.8) is 0 Å². The fraction of sp³-hybridized carbons (Fsp3) is 0.182. The van der Waals surface area contributed by atoms with E-state index in [9.17, 15) is 0 Å². The van der Waals surface area contributed by atoms with Gasteiger partial charge < -0.3 is 9.33 Å². The van der Waals surface area contributed by atoms with Gasteiger partial charge in [0.2, 0.25) is 8.32 Å². The maximum atomic E-state index is 5.73. The van der Waals surface area contributed by atoms with Crippen molar-refractivity contribution in [1.29, 1.82) is 0 Å². The van der Waals surface area contributed by atoms with Crippen molar-refractivity contribution in [3.05, 3.63) is 84.4 Å². The van der Waals surface area contributed by atoms with Crippen molar-refractivity contribution < 1.29 is 4.43 Å². The van der Waals surface area contributed by atoms with Gasteiger partial charge in [-0.3, -0.25) is 0 Å². The van der Waals surface area contributed by atoms with Crippen LogP contribution in [0.3, 0.4) is 0 Å². The second-order valence-electron chi connectivity index (χ2n) is 6.77. The van der Waals surface area contributed by atoms with Crippen LogP contribution in [-0.2, 0) is 4.43 Å². The predicted octanol–water partition coefficient (Wildman–Crippen LogP) is 5.52. The maximum Gasteiger partial charge on any atom is 0.217 e. The molecule has 0 heterocycles. The van der Waals surface area contributed by atoms with E-state index in [4.69, 9.17) is 4.43 Å². The molecule has 0 bridgehead atoms. The molecule has 0 spiro atoms. The molecule has 0 aliphatic heterocycles. The average Bonchev–Trinajstić information content (AvgIpc) is 2.65. The zero-order valence-electron chi connectivity index (χ0n) is 15.4. The Kier molecular flexibility index (Phi) is 5.07. The number of benzene rings is 3. The van der Waals surface area contributed by atoms with E-state index in [0.717, 1.165) is 17.1 Å². The number of aryl methyl sites for hydroxylation is 1. The van der Waals surface area contributed by atoms with Crippen LogP contribution < -0.4 is 10.1 Å². The molecule has 3 aromatic rings. The van der Waals surface area contributed by atoms with Gasteiger partial charge in [-0.15, -0.1) is 0 Å². The van der Waals surface area contributed by atoms with Gasteiger partial charge in [0.25, 0.3) is 0 Å². The molecule has 0 amide bonds. The van der Waals surface area contributed by atoms with Gasteiger partial charge in [0.1, 0.15) is 0 Å². The number of nitrogens with zero attached hydrogens (tertiary/aromatic N) is 1. The van der Waals surface area contributed by atoms with Gasteiger partial charge in [0.15, 0.2) is 0 Å². The third kappa shape index (κ3) is 3.84. The van der Waals surface area contributed by atoms with Crippen molar-refractivity contribution in [1.82, 2.24) is 0 Å². The molecule has 0 N–H and O–H groups in total. The first-order valence-corrected chi connectivity index (χ1v) is 11.5. The molecule has 0 unspecified atom stereocenters. The standard InChI is InChI=1S/C22H25NOSi/c1-18-10-12-20(13-11-18)23(19-8-6-5-7-9-19)21-14-16-22(17-15-21)25(3,4)24-2/h5-17H,1-4H3. The summed E-state index contributed by atoms with van der Waals surface area (Å²) in [6.07, 6.45) is 0. The number of hydrogen-bond acceptors (Lipinski definition) is 2. The minimum atomic E-state index is -1.80. The van der Waals surface area contributed by atoms with Crippen LogP contribution in [0.4, 0.5) is 17.1 Å². The molecule has 0 atom stereocenters. The van der Waals surface area contributed by atoms with Crippen molar-refractivity contribution in [2.24, 2.45) is 0 Å². The highest BCUT2D eigenvalue weighted by molar-refractivity contribution is 6.84. The fourth-order valence-electron chi connectivity index (χ4n) is 2.85. The van der Waals surface area contributed by atoms with E-state index in [-0.39, 0.29) is 0 Å². The van der Waals surface area contributed by atoms with Crippen LogP contribution in [0.15, 0.2) is 78.9 Å². The van der Waals surface area contributed by atoms with Gasteiger partial charge in [-0.1, -0.05) is 48.0 Å². The summed E-state index contributed by atoms with van der Waals surface area (Å²) >= 11 is 0. The molecule has 3 heteroatoms. The van der Waals surface area contributed by atoms with Gasteiger partial charge in [0, 0.05) is 24.2 Å². The van der Waals surface area contributed by atoms with Crippen LogP contribution in [0.1, 0.15) is 5.56 Å². The van der Waals surface area contributed by atoms with Gasteiger partial charge in [-0.25, -0.2) is 0 Å². The quantitative estimate of drug-likeness (QED) is 0.563. The SMILES string of the molecule is CO[Si](C)(C)c1ccc(N(c2ccccc2)c2ccc(C)cc2)cc1. The van der Waals surface area contributed by atoms with Crippen molar-refractivity contribution in [2.45, 2.75) is 20.0 Å². The summed E-state index contributed by atoms with van der Waals surface area (Å²) in [7, 11) is 0.0126. The molecule has 0 saturated carbocycles. The van der Waals surface area contributed by atoms with E-state index >= 15 is 0 Å². The Balaban J connectivity index is 2.05. The molecular formula is C22H25NOSi. The normalized spacial score (nSPS) is 11.4. The Morgan fingerprint density at radius 2 is 1.16 bits per heavy atom. The number of para-hydroxylation sites is 1. The maximum absolute atomic E-state index is 5.73. The summed E-state index contributed by atoms with van der Waals surface area (Å²) < 4.78 is 5.73.